The summed E-state index contributed by atoms with van der Waals surface area (Å²) in [6.07, 6.45) is 2.38. The average Bonchev–Trinajstić information content (AvgIpc) is 2.28. The average molecular weight is 223 g/mol. The van der Waals surface area contributed by atoms with Gasteiger partial charge in [-0.25, -0.2) is 0 Å². The fraction of sp³-hybridized carbons (Fsp3) is 0.500. The number of carbonyl (C=O) groups is 1. The molecular formula is C12H17NO3. The highest BCUT2D eigenvalue weighted by Crippen LogP contribution is 2.11. The monoisotopic (exact) mass is 223 g/mol. The van der Waals surface area contributed by atoms with Crippen molar-refractivity contribution in [2.24, 2.45) is 0 Å². The van der Waals surface area contributed by atoms with E-state index >= 15 is 0 Å². The zero-order chi connectivity index (χ0) is 12.0. The number of aromatic nitrogens is 1. The van der Waals surface area contributed by atoms with Crippen LogP contribution in [0.5, 0.6) is 0 Å². The van der Waals surface area contributed by atoms with Gasteiger partial charge in [0.2, 0.25) is 12.1 Å². The topological polar surface area (TPSA) is 48.4 Å². The normalized spacial score (nSPS) is 10.8. The van der Waals surface area contributed by atoms with Crippen molar-refractivity contribution in [3.05, 3.63) is 29.6 Å². The van der Waals surface area contributed by atoms with Crippen molar-refractivity contribution in [1.29, 1.82) is 0 Å². The molecule has 0 saturated carbocycles. The molecule has 4 heteroatoms. The second-order valence-electron chi connectivity index (χ2n) is 3.30. The van der Waals surface area contributed by atoms with E-state index in [1.807, 2.05) is 20.8 Å². The maximum Gasteiger partial charge on any atom is 0.222 e. The number of aryl methyl sites for hydroxylation is 1. The lowest BCUT2D eigenvalue weighted by Crippen LogP contribution is -2.28. The fourth-order valence-electron chi connectivity index (χ4n) is 1.35. The molecule has 0 N–H and O–H groups in total. The van der Waals surface area contributed by atoms with Gasteiger partial charge < -0.3 is 9.47 Å². The van der Waals surface area contributed by atoms with Crippen molar-refractivity contribution in [3.63, 3.8) is 0 Å². The van der Waals surface area contributed by atoms with E-state index < -0.39 is 6.29 Å². The molecule has 1 aromatic rings. The second-order valence-corrected chi connectivity index (χ2v) is 3.30. The zero-order valence-corrected chi connectivity index (χ0v) is 9.90. The number of ether oxygens (including phenoxy) is 2. The lowest BCUT2D eigenvalue weighted by atomic mass is 10.1. The van der Waals surface area contributed by atoms with Crippen LogP contribution in [0.4, 0.5) is 0 Å². The van der Waals surface area contributed by atoms with E-state index in [-0.39, 0.29) is 5.78 Å². The van der Waals surface area contributed by atoms with Crippen LogP contribution < -0.4 is 0 Å². The molecule has 0 amide bonds. The summed E-state index contributed by atoms with van der Waals surface area (Å²) in [4.78, 5) is 16.0. The van der Waals surface area contributed by atoms with Gasteiger partial charge in [-0.2, -0.15) is 0 Å². The Morgan fingerprint density at radius 2 is 2.00 bits per heavy atom. The minimum Gasteiger partial charge on any atom is -0.346 e. The highest BCUT2D eigenvalue weighted by molar-refractivity contribution is 5.99. The molecule has 1 rings (SSSR count). The maximum atomic E-state index is 12.1. The molecule has 0 fully saturated rings. The van der Waals surface area contributed by atoms with E-state index in [2.05, 4.69) is 4.98 Å². The summed E-state index contributed by atoms with van der Waals surface area (Å²) in [6.45, 7) is 6.40. The van der Waals surface area contributed by atoms with Crippen LogP contribution >= 0.6 is 0 Å². The number of Topliss-reactive ketones (excluding diaryl/α,β-unsaturated/α-hetero) is 1. The number of rotatable bonds is 6. The standard InChI is InChI=1S/C12H17NO3/c1-4-15-12(16-5-2)11(14)10-8-13-7-6-9(10)3/h6-8,12H,4-5H2,1-3H3. The molecule has 1 heterocycles. The van der Waals surface area contributed by atoms with Gasteiger partial charge in [0.05, 0.1) is 0 Å². The maximum absolute atomic E-state index is 12.1. The number of hydrogen-bond acceptors (Lipinski definition) is 4. The molecule has 0 aliphatic carbocycles. The minimum absolute atomic E-state index is 0.172. The molecule has 0 radical (unpaired) electrons. The summed E-state index contributed by atoms with van der Waals surface area (Å²) in [5.41, 5.74) is 1.43. The van der Waals surface area contributed by atoms with E-state index in [4.69, 9.17) is 9.47 Å². The Labute approximate surface area is 95.6 Å². The van der Waals surface area contributed by atoms with Gasteiger partial charge in [-0.3, -0.25) is 9.78 Å². The third-order valence-corrected chi connectivity index (χ3v) is 2.15. The van der Waals surface area contributed by atoms with E-state index in [1.54, 1.807) is 18.5 Å². The van der Waals surface area contributed by atoms with Crippen molar-refractivity contribution < 1.29 is 14.3 Å². The van der Waals surface area contributed by atoms with Gasteiger partial charge >= 0.3 is 0 Å². The Hall–Kier alpha value is -1.26. The first-order valence-electron chi connectivity index (χ1n) is 5.38. The third kappa shape index (κ3) is 3.12. The van der Waals surface area contributed by atoms with Gasteiger partial charge in [-0.05, 0) is 32.4 Å². The van der Waals surface area contributed by atoms with Crippen molar-refractivity contribution in [2.75, 3.05) is 13.2 Å². The van der Waals surface area contributed by atoms with Gasteiger partial charge in [0.15, 0.2) is 0 Å². The third-order valence-electron chi connectivity index (χ3n) is 2.15. The van der Waals surface area contributed by atoms with E-state index in [1.165, 1.54) is 0 Å². The quantitative estimate of drug-likeness (QED) is 0.546. The summed E-state index contributed by atoms with van der Waals surface area (Å²) in [7, 11) is 0. The van der Waals surface area contributed by atoms with E-state index in [0.717, 1.165) is 5.56 Å². The Balaban J connectivity index is 2.85. The van der Waals surface area contributed by atoms with E-state index in [9.17, 15) is 4.79 Å². The first-order chi connectivity index (χ1) is 7.70. The minimum atomic E-state index is -0.821. The zero-order valence-electron chi connectivity index (χ0n) is 9.90. The van der Waals surface area contributed by atoms with Crippen molar-refractivity contribution >= 4 is 5.78 Å². The Morgan fingerprint density at radius 3 is 2.50 bits per heavy atom. The summed E-state index contributed by atoms with van der Waals surface area (Å²) >= 11 is 0. The lowest BCUT2D eigenvalue weighted by molar-refractivity contribution is -0.107. The van der Waals surface area contributed by atoms with Gasteiger partial charge in [-0.1, -0.05) is 0 Å². The smallest absolute Gasteiger partial charge is 0.222 e. The first-order valence-corrected chi connectivity index (χ1v) is 5.38. The molecule has 0 atom stereocenters. The molecular weight excluding hydrogens is 206 g/mol. The van der Waals surface area contributed by atoms with Crippen LogP contribution in [0.2, 0.25) is 0 Å². The van der Waals surface area contributed by atoms with Gasteiger partial charge in [0.1, 0.15) is 0 Å². The number of hydrogen-bond donors (Lipinski definition) is 0. The van der Waals surface area contributed by atoms with E-state index in [0.29, 0.717) is 18.8 Å². The number of pyridine rings is 1. The molecule has 0 aromatic carbocycles. The molecule has 16 heavy (non-hydrogen) atoms. The Kier molecular flexibility index (Phi) is 5.08. The van der Waals surface area contributed by atoms with Crippen LogP contribution in [-0.2, 0) is 9.47 Å². The van der Waals surface area contributed by atoms with Crippen molar-refractivity contribution in [3.8, 4) is 0 Å². The van der Waals surface area contributed by atoms with Crippen LogP contribution in [0.25, 0.3) is 0 Å². The predicted octanol–water partition coefficient (Wildman–Crippen LogP) is 1.97. The Bertz CT molecular complexity index is 346. The van der Waals surface area contributed by atoms with Gasteiger partial charge in [-0.15, -0.1) is 0 Å². The van der Waals surface area contributed by atoms with Crippen LogP contribution in [-0.4, -0.2) is 30.3 Å². The predicted molar refractivity (Wildman–Crippen MR) is 60.3 cm³/mol. The van der Waals surface area contributed by atoms with Gasteiger partial charge in [0.25, 0.3) is 0 Å². The highest BCUT2D eigenvalue weighted by Gasteiger charge is 2.22. The van der Waals surface area contributed by atoms with Crippen LogP contribution in [0, 0.1) is 6.92 Å². The molecule has 0 spiro atoms. The molecule has 1 aromatic heterocycles. The molecule has 0 aliphatic rings. The van der Waals surface area contributed by atoms with Crippen LogP contribution in [0.1, 0.15) is 29.8 Å². The second kappa shape index (κ2) is 6.35. The van der Waals surface area contributed by atoms with Gasteiger partial charge in [0, 0.05) is 31.2 Å². The number of ketones is 1. The summed E-state index contributed by atoms with van der Waals surface area (Å²) in [6, 6.07) is 1.79. The molecule has 0 unspecified atom stereocenters. The van der Waals surface area contributed by atoms with Crippen molar-refractivity contribution in [2.45, 2.75) is 27.1 Å². The lowest BCUT2D eigenvalue weighted by Gasteiger charge is -2.16. The molecule has 4 nitrogen and oxygen atoms in total. The fourth-order valence-corrected chi connectivity index (χ4v) is 1.35. The summed E-state index contributed by atoms with van der Waals surface area (Å²) in [5.74, 6) is -0.172. The molecule has 0 aliphatic heterocycles. The molecule has 88 valence electrons. The number of nitrogens with zero attached hydrogens (tertiary/aromatic N) is 1. The number of carbonyl (C=O) groups excluding carboxylic acids is 1. The summed E-state index contributed by atoms with van der Waals surface area (Å²) in [5, 5.41) is 0. The first kappa shape index (κ1) is 12.8. The SMILES string of the molecule is CCOC(OCC)C(=O)c1cnccc1C. The largest absolute Gasteiger partial charge is 0.346 e. The Morgan fingerprint density at radius 1 is 1.38 bits per heavy atom. The van der Waals surface area contributed by atoms with Crippen LogP contribution in [0.15, 0.2) is 18.5 Å². The summed E-state index contributed by atoms with van der Waals surface area (Å²) < 4.78 is 10.5. The molecule has 0 bridgehead atoms. The molecule has 0 saturated heterocycles. The van der Waals surface area contributed by atoms with Crippen molar-refractivity contribution in [1.82, 2.24) is 4.98 Å². The van der Waals surface area contributed by atoms with Crippen LogP contribution in [0.3, 0.4) is 0 Å². The highest BCUT2D eigenvalue weighted by atomic mass is 16.7.